The van der Waals surface area contributed by atoms with Gasteiger partial charge in [0.05, 0.1) is 13.7 Å². The molecule has 1 heterocycles. The van der Waals surface area contributed by atoms with Crippen LogP contribution in [0, 0.1) is 0 Å². The smallest absolute Gasteiger partial charge is 0.158 e. The molecule has 0 aliphatic rings. The molecule has 0 saturated heterocycles. The van der Waals surface area contributed by atoms with Crippen molar-refractivity contribution in [1.82, 2.24) is 4.90 Å². The summed E-state index contributed by atoms with van der Waals surface area (Å²) in [4.78, 5) is 2.27. The molecule has 1 aromatic heterocycles. The molecule has 1 aromatic carbocycles. The van der Waals surface area contributed by atoms with Crippen molar-refractivity contribution in [2.45, 2.75) is 26.6 Å². The Labute approximate surface area is 148 Å². The van der Waals surface area contributed by atoms with Gasteiger partial charge < -0.3 is 19.5 Å². The van der Waals surface area contributed by atoms with E-state index in [2.05, 4.69) is 36.3 Å². The largest absolute Gasteiger partial charge is 0.496 e. The van der Waals surface area contributed by atoms with Gasteiger partial charge in [0.2, 0.25) is 0 Å². The average molecular weight is 360 g/mol. The van der Waals surface area contributed by atoms with Crippen LogP contribution in [0.3, 0.4) is 0 Å². The minimum absolute atomic E-state index is 0. The lowest BCUT2D eigenvalue weighted by Gasteiger charge is -2.20. The summed E-state index contributed by atoms with van der Waals surface area (Å²) in [6.07, 6.45) is -0.367. The lowest BCUT2D eigenvalue weighted by Crippen LogP contribution is -2.29. The summed E-state index contributed by atoms with van der Waals surface area (Å²) in [6.45, 7) is 7.62. The summed E-state index contributed by atoms with van der Waals surface area (Å²) in [7, 11) is 1.66. The lowest BCUT2D eigenvalue weighted by molar-refractivity contribution is -0.101. The molecule has 1 unspecified atom stereocenters. The predicted octanol–water partition coefficient (Wildman–Crippen LogP) is 3.55. The van der Waals surface area contributed by atoms with Crippen molar-refractivity contribution in [2.75, 3.05) is 33.4 Å². The number of aliphatic hydroxyl groups is 1. The van der Waals surface area contributed by atoms with E-state index in [4.69, 9.17) is 9.47 Å². The molecule has 23 heavy (non-hydrogen) atoms. The first-order valence-electron chi connectivity index (χ1n) is 7.74. The van der Waals surface area contributed by atoms with Gasteiger partial charge in [0, 0.05) is 17.7 Å². The Morgan fingerprint density at radius 2 is 2.00 bits per heavy atom. The van der Waals surface area contributed by atoms with Crippen LogP contribution < -0.4 is 4.74 Å². The van der Waals surface area contributed by atoms with Crippen LogP contribution in [0.1, 0.15) is 19.4 Å². The number of halogens is 1. The lowest BCUT2D eigenvalue weighted by atomic mass is 10.1. The van der Waals surface area contributed by atoms with Crippen LogP contribution in [-0.4, -0.2) is 49.6 Å². The molecule has 0 radical (unpaired) electrons. The fourth-order valence-corrected chi connectivity index (χ4v) is 3.29. The Hall–Kier alpha value is -0.850. The van der Waals surface area contributed by atoms with E-state index >= 15 is 0 Å². The number of benzene rings is 1. The first-order chi connectivity index (χ1) is 10.7. The molecule has 0 aliphatic heterocycles. The summed E-state index contributed by atoms with van der Waals surface area (Å²) in [6, 6.07) is 6.18. The molecular formula is C17H26ClNO3S. The first kappa shape index (κ1) is 20.2. The van der Waals surface area contributed by atoms with Gasteiger partial charge in [-0.05, 0) is 47.6 Å². The second-order valence-electron chi connectivity index (χ2n) is 5.18. The summed E-state index contributed by atoms with van der Waals surface area (Å²) in [5.74, 6) is 0.807. The average Bonchev–Trinajstić information content (AvgIpc) is 2.98. The van der Waals surface area contributed by atoms with Crippen LogP contribution in [0.4, 0.5) is 0 Å². The van der Waals surface area contributed by atoms with E-state index in [-0.39, 0.29) is 12.4 Å². The van der Waals surface area contributed by atoms with Gasteiger partial charge in [0.1, 0.15) is 5.75 Å². The molecule has 0 fully saturated rings. The number of hydrogen-bond acceptors (Lipinski definition) is 5. The molecule has 2 aromatic rings. The SMILES string of the molecule is CCN(CC)CCOC(O)Cc1cc2ccsc2cc1OC.Cl. The Kier molecular flexibility index (Phi) is 8.87. The van der Waals surface area contributed by atoms with Crippen LogP contribution in [0.15, 0.2) is 23.6 Å². The molecule has 0 spiro atoms. The fraction of sp³-hybridized carbons (Fsp3) is 0.529. The maximum atomic E-state index is 10.1. The van der Waals surface area contributed by atoms with Crippen LogP contribution in [-0.2, 0) is 11.2 Å². The standard InChI is InChI=1S/C17H25NO3S.ClH/c1-4-18(5-2)7-8-21-17(19)11-14-10-13-6-9-22-16(13)12-15(14)20-3;/h6,9-10,12,17,19H,4-5,7-8,11H2,1-3H3;1H. The Morgan fingerprint density at radius 3 is 2.65 bits per heavy atom. The molecule has 130 valence electrons. The van der Waals surface area contributed by atoms with Gasteiger partial charge in [-0.15, -0.1) is 23.7 Å². The van der Waals surface area contributed by atoms with E-state index in [1.165, 1.54) is 10.1 Å². The first-order valence-corrected chi connectivity index (χ1v) is 8.62. The molecule has 1 N–H and O–H groups in total. The van der Waals surface area contributed by atoms with Crippen molar-refractivity contribution < 1.29 is 14.6 Å². The third-order valence-corrected chi connectivity index (χ3v) is 4.74. The number of aliphatic hydroxyl groups excluding tert-OH is 1. The van der Waals surface area contributed by atoms with Gasteiger partial charge in [-0.25, -0.2) is 0 Å². The van der Waals surface area contributed by atoms with E-state index in [1.807, 2.05) is 6.07 Å². The van der Waals surface area contributed by atoms with E-state index < -0.39 is 6.29 Å². The normalized spacial score (nSPS) is 12.4. The van der Waals surface area contributed by atoms with E-state index in [9.17, 15) is 5.11 Å². The number of likely N-dealkylation sites (N-methyl/N-ethyl adjacent to an activating group) is 1. The zero-order valence-electron chi connectivity index (χ0n) is 13.9. The summed E-state index contributed by atoms with van der Waals surface area (Å²) in [5, 5.41) is 13.3. The van der Waals surface area contributed by atoms with Crippen molar-refractivity contribution in [3.05, 3.63) is 29.1 Å². The summed E-state index contributed by atoms with van der Waals surface area (Å²) >= 11 is 1.69. The topological polar surface area (TPSA) is 41.9 Å². The van der Waals surface area contributed by atoms with Crippen molar-refractivity contribution in [2.24, 2.45) is 0 Å². The zero-order chi connectivity index (χ0) is 15.9. The molecule has 6 heteroatoms. The minimum Gasteiger partial charge on any atom is -0.496 e. The summed E-state index contributed by atoms with van der Waals surface area (Å²) in [5.41, 5.74) is 0.976. The molecule has 2 rings (SSSR count). The maximum Gasteiger partial charge on any atom is 0.158 e. The van der Waals surface area contributed by atoms with Gasteiger partial charge in [0.15, 0.2) is 6.29 Å². The monoisotopic (exact) mass is 359 g/mol. The number of rotatable bonds is 9. The van der Waals surface area contributed by atoms with Crippen molar-refractivity contribution in [3.63, 3.8) is 0 Å². The zero-order valence-corrected chi connectivity index (χ0v) is 15.6. The third-order valence-electron chi connectivity index (χ3n) is 3.86. The quantitative estimate of drug-likeness (QED) is 0.695. The third kappa shape index (κ3) is 5.62. The second-order valence-corrected chi connectivity index (χ2v) is 6.13. The van der Waals surface area contributed by atoms with Crippen LogP contribution >= 0.6 is 23.7 Å². The number of nitrogens with zero attached hydrogens (tertiary/aromatic N) is 1. The van der Waals surface area contributed by atoms with Crippen molar-refractivity contribution in [3.8, 4) is 5.75 Å². The molecule has 0 saturated carbocycles. The molecular weight excluding hydrogens is 334 g/mol. The van der Waals surface area contributed by atoms with Crippen molar-refractivity contribution in [1.29, 1.82) is 0 Å². The van der Waals surface area contributed by atoms with Crippen LogP contribution in [0.5, 0.6) is 5.75 Å². The van der Waals surface area contributed by atoms with Gasteiger partial charge in [0.25, 0.3) is 0 Å². The van der Waals surface area contributed by atoms with Gasteiger partial charge in [-0.2, -0.15) is 0 Å². The molecule has 0 amide bonds. The maximum absolute atomic E-state index is 10.1. The van der Waals surface area contributed by atoms with Gasteiger partial charge >= 0.3 is 0 Å². The summed E-state index contributed by atoms with van der Waals surface area (Å²) < 4.78 is 12.2. The molecule has 0 aliphatic carbocycles. The highest BCUT2D eigenvalue weighted by Gasteiger charge is 2.12. The Bertz CT molecular complexity index is 586. The van der Waals surface area contributed by atoms with E-state index in [0.717, 1.165) is 30.9 Å². The fourth-order valence-electron chi connectivity index (χ4n) is 2.49. The predicted molar refractivity (Wildman–Crippen MR) is 99.1 cm³/mol. The number of ether oxygens (including phenoxy) is 2. The molecule has 0 bridgehead atoms. The van der Waals surface area contributed by atoms with E-state index in [0.29, 0.717) is 13.0 Å². The number of thiophene rings is 1. The highest BCUT2D eigenvalue weighted by Crippen LogP contribution is 2.30. The van der Waals surface area contributed by atoms with Gasteiger partial charge in [-0.1, -0.05) is 13.8 Å². The second kappa shape index (κ2) is 10.1. The molecule has 1 atom stereocenters. The Balaban J connectivity index is 0.00000264. The van der Waals surface area contributed by atoms with E-state index in [1.54, 1.807) is 18.4 Å². The number of hydrogen-bond donors (Lipinski definition) is 1. The minimum atomic E-state index is -0.805. The highest BCUT2D eigenvalue weighted by molar-refractivity contribution is 7.17. The van der Waals surface area contributed by atoms with Crippen molar-refractivity contribution >= 4 is 33.8 Å². The van der Waals surface area contributed by atoms with Crippen LogP contribution in [0.2, 0.25) is 0 Å². The highest BCUT2D eigenvalue weighted by atomic mass is 35.5. The molecule has 4 nitrogen and oxygen atoms in total. The van der Waals surface area contributed by atoms with Crippen LogP contribution in [0.25, 0.3) is 10.1 Å². The Morgan fingerprint density at radius 1 is 1.26 bits per heavy atom. The van der Waals surface area contributed by atoms with Gasteiger partial charge in [-0.3, -0.25) is 0 Å². The number of methoxy groups -OCH3 is 1. The number of fused-ring (bicyclic) bond motifs is 1.